The van der Waals surface area contributed by atoms with E-state index in [-0.39, 0.29) is 5.56 Å². The molecule has 1 N–H and O–H groups in total. The minimum atomic E-state index is -2.87. The van der Waals surface area contributed by atoms with Crippen molar-refractivity contribution in [2.24, 2.45) is 0 Å². The van der Waals surface area contributed by atoms with E-state index in [1.54, 1.807) is 19.2 Å². The number of fused-ring (bicyclic) bond motifs is 1. The molecule has 0 unspecified atom stereocenters. The molecule has 1 aliphatic heterocycles. The van der Waals surface area contributed by atoms with Crippen LogP contribution in [0.5, 0.6) is 0 Å². The van der Waals surface area contributed by atoms with Crippen LogP contribution in [0.3, 0.4) is 0 Å². The maximum absolute atomic E-state index is 14.7. The molecule has 0 bridgehead atoms. The highest BCUT2D eigenvalue weighted by molar-refractivity contribution is 5.94. The lowest BCUT2D eigenvalue weighted by Crippen LogP contribution is -2.31. The van der Waals surface area contributed by atoms with Crippen LogP contribution in [0.2, 0.25) is 0 Å². The molecule has 3 aromatic rings. The van der Waals surface area contributed by atoms with Crippen molar-refractivity contribution >= 4 is 22.2 Å². The maximum Gasteiger partial charge on any atom is 0.266 e. The molecule has 1 aromatic carbocycles. The van der Waals surface area contributed by atoms with Crippen LogP contribution in [0.1, 0.15) is 61.2 Å². The highest BCUT2D eigenvalue weighted by Gasteiger charge is 2.38. The van der Waals surface area contributed by atoms with E-state index in [0.717, 1.165) is 52.5 Å². The number of benzene rings is 1. The predicted molar refractivity (Wildman–Crippen MR) is 124 cm³/mol. The molecular weight excluding hydrogens is 443 g/mol. The minimum absolute atomic E-state index is 0.186. The third kappa shape index (κ3) is 4.16. The van der Waals surface area contributed by atoms with Gasteiger partial charge in [-0.05, 0) is 38.0 Å². The van der Waals surface area contributed by atoms with Crippen molar-refractivity contribution in [3.8, 4) is 0 Å². The fraction of sp³-hybridized carbons (Fsp3) is 0.385. The van der Waals surface area contributed by atoms with E-state index in [1.807, 2.05) is 13.0 Å². The average Bonchev–Trinajstić information content (AvgIpc) is 3.27. The number of pyridine rings is 2. The van der Waals surface area contributed by atoms with Crippen molar-refractivity contribution in [2.75, 3.05) is 18.5 Å². The minimum Gasteiger partial charge on any atom is -0.378 e. The summed E-state index contributed by atoms with van der Waals surface area (Å²) >= 11 is 0. The smallest absolute Gasteiger partial charge is 0.266 e. The van der Waals surface area contributed by atoms with Gasteiger partial charge in [0.2, 0.25) is 0 Å². The van der Waals surface area contributed by atoms with Crippen LogP contribution >= 0.6 is 0 Å². The van der Waals surface area contributed by atoms with Gasteiger partial charge in [0.25, 0.3) is 6.43 Å². The lowest BCUT2D eigenvalue weighted by molar-refractivity contribution is -0.159. The quantitative estimate of drug-likeness (QED) is 0.462. The zero-order valence-corrected chi connectivity index (χ0v) is 19.1. The van der Waals surface area contributed by atoms with Crippen LogP contribution in [-0.2, 0) is 9.47 Å². The van der Waals surface area contributed by atoms with E-state index in [0.29, 0.717) is 19.6 Å². The van der Waals surface area contributed by atoms with Crippen molar-refractivity contribution in [3.63, 3.8) is 0 Å². The molecular formula is C26H26F3N3O2. The van der Waals surface area contributed by atoms with E-state index < -0.39 is 29.6 Å². The van der Waals surface area contributed by atoms with Gasteiger partial charge in [-0.15, -0.1) is 0 Å². The number of allylic oxidation sites excluding steroid dienone is 1. The number of halogens is 3. The number of nitrogens with one attached hydrogen (secondary N) is 1. The van der Waals surface area contributed by atoms with E-state index >= 15 is 0 Å². The fourth-order valence-electron chi connectivity index (χ4n) is 4.78. The normalized spacial score (nSPS) is 18.5. The summed E-state index contributed by atoms with van der Waals surface area (Å²) in [6.45, 7) is 4.90. The summed E-state index contributed by atoms with van der Waals surface area (Å²) in [6.07, 6.45) is 3.15. The number of aromatic nitrogens is 2. The molecule has 2 aliphatic rings. The van der Waals surface area contributed by atoms with Crippen LogP contribution in [0.15, 0.2) is 42.6 Å². The Morgan fingerprint density at radius 3 is 2.59 bits per heavy atom. The topological polar surface area (TPSA) is 56.3 Å². The molecule has 1 spiro atoms. The van der Waals surface area contributed by atoms with Gasteiger partial charge >= 0.3 is 0 Å². The first-order valence-electron chi connectivity index (χ1n) is 11.4. The van der Waals surface area contributed by atoms with Crippen molar-refractivity contribution in [2.45, 2.75) is 51.4 Å². The Labute approximate surface area is 196 Å². The molecule has 0 saturated carbocycles. The van der Waals surface area contributed by atoms with Crippen molar-refractivity contribution < 1.29 is 22.6 Å². The maximum atomic E-state index is 14.7. The third-order valence-electron chi connectivity index (χ3n) is 6.61. The molecule has 0 amide bonds. The summed E-state index contributed by atoms with van der Waals surface area (Å²) in [4.78, 5) is 9.27. The second kappa shape index (κ2) is 9.00. The number of nitrogens with zero attached hydrogens (tertiary/aromatic N) is 2. The van der Waals surface area contributed by atoms with Gasteiger partial charge < -0.3 is 14.8 Å². The van der Waals surface area contributed by atoms with Crippen molar-refractivity contribution in [3.05, 3.63) is 70.9 Å². The Morgan fingerprint density at radius 2 is 1.88 bits per heavy atom. The molecule has 2 aromatic heterocycles. The van der Waals surface area contributed by atoms with Crippen molar-refractivity contribution in [1.82, 2.24) is 9.97 Å². The van der Waals surface area contributed by atoms with Gasteiger partial charge in [-0.2, -0.15) is 0 Å². The van der Waals surface area contributed by atoms with Crippen LogP contribution in [-0.4, -0.2) is 29.0 Å². The molecule has 5 rings (SSSR count). The van der Waals surface area contributed by atoms with E-state index in [4.69, 9.17) is 14.5 Å². The number of hydrogen-bond acceptors (Lipinski definition) is 5. The van der Waals surface area contributed by atoms with Crippen LogP contribution in [0.25, 0.3) is 16.5 Å². The number of alkyl halides is 2. The number of ether oxygens (including phenoxy) is 2. The zero-order chi connectivity index (χ0) is 23.9. The van der Waals surface area contributed by atoms with Crippen LogP contribution < -0.4 is 5.32 Å². The summed E-state index contributed by atoms with van der Waals surface area (Å²) in [5, 5.41) is 4.14. The molecule has 5 nitrogen and oxygen atoms in total. The second-order valence-corrected chi connectivity index (χ2v) is 8.81. The average molecular weight is 470 g/mol. The van der Waals surface area contributed by atoms with Crippen LogP contribution in [0, 0.1) is 12.7 Å². The van der Waals surface area contributed by atoms with Gasteiger partial charge in [-0.3, -0.25) is 9.97 Å². The summed E-state index contributed by atoms with van der Waals surface area (Å²) in [5.41, 5.74) is 3.82. The molecule has 1 atom stereocenters. The van der Waals surface area contributed by atoms with Gasteiger partial charge in [0.05, 0.1) is 41.7 Å². The summed E-state index contributed by atoms with van der Waals surface area (Å²) < 4.78 is 52.7. The predicted octanol–water partition coefficient (Wildman–Crippen LogP) is 6.50. The molecule has 34 heavy (non-hydrogen) atoms. The standard InChI is InChI=1S/C26H26F3N3O2/c1-15(18-4-3-5-19(23(18)27)25(28)29)31-21-8-11-30-24-16(2)32-22(14-20(21)24)17-6-9-26(10-7-17)33-12-13-34-26/h3-6,8,11,14-15,25H,7,9-10,12-13H2,1-2H3,(H,30,31)/t15-/m1/s1. The Bertz CT molecular complexity index is 1260. The van der Waals surface area contributed by atoms with Gasteiger partial charge in [-0.1, -0.05) is 24.3 Å². The molecule has 1 saturated heterocycles. The van der Waals surface area contributed by atoms with Crippen LogP contribution in [0.4, 0.5) is 18.9 Å². The number of aryl methyl sites for hydroxylation is 1. The number of hydrogen-bond donors (Lipinski definition) is 1. The number of anilines is 1. The van der Waals surface area contributed by atoms with E-state index in [9.17, 15) is 13.2 Å². The summed E-state index contributed by atoms with van der Waals surface area (Å²) in [7, 11) is 0. The fourth-order valence-corrected chi connectivity index (χ4v) is 4.78. The first-order valence-corrected chi connectivity index (χ1v) is 11.4. The molecule has 1 fully saturated rings. The molecule has 8 heteroatoms. The van der Waals surface area contributed by atoms with Gasteiger partial charge in [-0.25, -0.2) is 13.2 Å². The molecule has 3 heterocycles. The van der Waals surface area contributed by atoms with Gasteiger partial charge in [0.15, 0.2) is 5.79 Å². The summed E-state index contributed by atoms with van der Waals surface area (Å²) in [6, 6.07) is 7.35. The SMILES string of the molecule is Cc1nc(C2=CCC3(CC2)OCCO3)cc2c(N[C@H](C)c3cccc(C(F)F)c3F)ccnc12. The molecule has 1 aliphatic carbocycles. The first-order chi connectivity index (χ1) is 16.4. The van der Waals surface area contributed by atoms with E-state index in [2.05, 4.69) is 16.4 Å². The Morgan fingerprint density at radius 1 is 1.12 bits per heavy atom. The lowest BCUT2D eigenvalue weighted by Gasteiger charge is -2.30. The van der Waals surface area contributed by atoms with E-state index in [1.165, 1.54) is 12.1 Å². The zero-order valence-electron chi connectivity index (χ0n) is 19.1. The Balaban J connectivity index is 1.48. The third-order valence-corrected chi connectivity index (χ3v) is 6.61. The van der Waals surface area contributed by atoms with Gasteiger partial charge in [0.1, 0.15) is 5.82 Å². The first kappa shape index (κ1) is 22.8. The monoisotopic (exact) mass is 469 g/mol. The Kier molecular flexibility index (Phi) is 6.04. The van der Waals surface area contributed by atoms with Crippen molar-refractivity contribution in [1.29, 1.82) is 0 Å². The highest BCUT2D eigenvalue weighted by Crippen LogP contribution is 2.39. The molecule has 0 radical (unpaired) electrons. The molecule has 178 valence electrons. The lowest BCUT2D eigenvalue weighted by atomic mass is 9.91. The number of rotatable bonds is 5. The highest BCUT2D eigenvalue weighted by atomic mass is 19.3. The largest absolute Gasteiger partial charge is 0.378 e. The second-order valence-electron chi connectivity index (χ2n) is 8.81. The Hall–Kier alpha value is -2.97. The van der Waals surface area contributed by atoms with Gasteiger partial charge in [0, 0.05) is 35.7 Å². The summed E-state index contributed by atoms with van der Waals surface area (Å²) in [5.74, 6) is -1.39.